The highest BCUT2D eigenvalue weighted by molar-refractivity contribution is 5.73. The summed E-state index contributed by atoms with van der Waals surface area (Å²) in [6, 6.07) is -1.77. The molecule has 12 N–H and O–H groups in total. The highest BCUT2D eigenvalue weighted by Gasteiger charge is 2.10. The number of nitrogens with two attached hydrogens (primary N) is 4. The summed E-state index contributed by atoms with van der Waals surface area (Å²) in [5.41, 5.74) is 19.8. The van der Waals surface area contributed by atoms with Gasteiger partial charge in [-0.05, 0) is 12.8 Å². The van der Waals surface area contributed by atoms with Crippen LogP contribution in [0.1, 0.15) is 32.1 Å². The van der Waals surface area contributed by atoms with E-state index < -0.39 is 36.0 Å². The molecule has 2 unspecified atom stereocenters. The number of unbranched alkanes of at least 4 members (excludes halogenated alkanes) is 1. The van der Waals surface area contributed by atoms with Gasteiger partial charge in [-0.1, -0.05) is 6.42 Å². The van der Waals surface area contributed by atoms with E-state index in [0.29, 0.717) is 19.3 Å². The maximum atomic E-state index is 10.2. The highest BCUT2D eigenvalue weighted by Crippen LogP contribution is 2.02. The lowest BCUT2D eigenvalue weighted by atomic mass is 10.1. The molecule has 0 saturated heterocycles. The summed E-state index contributed by atoms with van der Waals surface area (Å²) in [6.45, 7) is 0.227. The molecule has 0 amide bonds. The topological polar surface area (TPSA) is 253 Å². The Morgan fingerprint density at radius 3 is 1.36 bits per heavy atom. The number of hydrogen-bond acceptors (Lipinski definition) is 8. The lowest BCUT2D eigenvalue weighted by Gasteiger charge is -2.03. The quantitative estimate of drug-likeness (QED) is 0.191. The summed E-state index contributed by atoms with van der Waals surface area (Å²) in [6.07, 6.45) is 1.50. The van der Waals surface area contributed by atoms with Gasteiger partial charge >= 0.3 is 23.9 Å². The van der Waals surface area contributed by atoms with Crippen molar-refractivity contribution in [1.29, 1.82) is 0 Å². The van der Waals surface area contributed by atoms with Crippen molar-refractivity contribution in [1.82, 2.24) is 0 Å². The molecule has 0 aliphatic carbocycles. The monoisotopic (exact) mass is 368 g/mol. The van der Waals surface area contributed by atoms with Gasteiger partial charge in [0.25, 0.3) is 0 Å². The van der Waals surface area contributed by atoms with Crippen LogP contribution in [0.15, 0.2) is 0 Å². The van der Waals surface area contributed by atoms with Gasteiger partial charge in [0.15, 0.2) is 0 Å². The van der Waals surface area contributed by atoms with Crippen LogP contribution in [0.5, 0.6) is 0 Å². The molecule has 0 fully saturated rings. The van der Waals surface area contributed by atoms with Crippen molar-refractivity contribution in [3.8, 4) is 0 Å². The van der Waals surface area contributed by atoms with Crippen molar-refractivity contribution in [3.05, 3.63) is 0 Å². The summed E-state index contributed by atoms with van der Waals surface area (Å²) < 4.78 is 0. The molecule has 0 aromatic rings. The lowest BCUT2D eigenvalue weighted by molar-refractivity contribution is -0.139. The Labute approximate surface area is 144 Å². The van der Waals surface area contributed by atoms with Gasteiger partial charge in [0, 0.05) is 19.5 Å². The lowest BCUT2D eigenvalue weighted by Crippen LogP contribution is -2.37. The van der Waals surface area contributed by atoms with E-state index in [1.165, 1.54) is 0 Å². The molecule has 12 heteroatoms. The normalized spacial score (nSPS) is 11.7. The fraction of sp³-hybridized carbons (Fsp3) is 0.692. The van der Waals surface area contributed by atoms with Gasteiger partial charge in [-0.25, -0.2) is 0 Å². The Bertz CT molecular complexity index is 405. The Balaban J connectivity index is -0.000000317. The van der Waals surface area contributed by atoms with Crippen molar-refractivity contribution < 1.29 is 39.6 Å². The third-order valence-corrected chi connectivity index (χ3v) is 2.40. The molecule has 0 aliphatic rings. The van der Waals surface area contributed by atoms with Crippen LogP contribution in [0.4, 0.5) is 0 Å². The fourth-order valence-corrected chi connectivity index (χ4v) is 0.988. The number of carboxylic acid groups (broad SMARTS) is 4. The summed E-state index contributed by atoms with van der Waals surface area (Å²) in [5.74, 6) is -3.79. The molecule has 0 saturated carbocycles. The zero-order valence-corrected chi connectivity index (χ0v) is 13.8. The van der Waals surface area contributed by atoms with Crippen molar-refractivity contribution >= 4 is 23.9 Å². The second-order valence-electron chi connectivity index (χ2n) is 4.70. The second kappa shape index (κ2) is 18.1. The van der Waals surface area contributed by atoms with Crippen LogP contribution in [-0.2, 0) is 19.2 Å². The predicted octanol–water partition coefficient (Wildman–Crippen LogP) is -2.18. The van der Waals surface area contributed by atoms with Crippen LogP contribution in [-0.4, -0.2) is 69.5 Å². The molecule has 2 atom stereocenters. The van der Waals surface area contributed by atoms with Gasteiger partial charge in [-0.2, -0.15) is 0 Å². The Morgan fingerprint density at radius 2 is 1.16 bits per heavy atom. The zero-order chi connectivity index (χ0) is 20.4. The van der Waals surface area contributed by atoms with Crippen molar-refractivity contribution in [3.63, 3.8) is 0 Å². The van der Waals surface area contributed by atoms with E-state index in [0.717, 1.165) is 0 Å². The summed E-state index contributed by atoms with van der Waals surface area (Å²) >= 11 is 0. The molecule has 0 bridgehead atoms. The van der Waals surface area contributed by atoms with Crippen LogP contribution in [0.25, 0.3) is 0 Å². The largest absolute Gasteiger partial charge is 0.481 e. The molecule has 0 rings (SSSR count). The average Bonchev–Trinajstić information content (AvgIpc) is 2.51. The minimum Gasteiger partial charge on any atom is -0.481 e. The molecular formula is C13H28N4O8. The smallest absolute Gasteiger partial charge is 0.321 e. The number of rotatable bonds is 10. The number of carboxylic acids is 4. The van der Waals surface area contributed by atoms with Crippen molar-refractivity contribution in [2.45, 2.75) is 44.2 Å². The van der Waals surface area contributed by atoms with Gasteiger partial charge in [0.1, 0.15) is 12.1 Å². The summed E-state index contributed by atoms with van der Waals surface area (Å²) in [5, 5.41) is 32.4. The van der Waals surface area contributed by atoms with Gasteiger partial charge < -0.3 is 43.4 Å². The van der Waals surface area contributed by atoms with E-state index in [2.05, 4.69) is 0 Å². The zero-order valence-electron chi connectivity index (χ0n) is 13.8. The first kappa shape index (κ1) is 27.6. The number of carbonyl (C=O) groups is 4. The predicted molar refractivity (Wildman–Crippen MR) is 87.7 cm³/mol. The SMILES string of the molecule is NC(CCCCC(=O)O)C(=O)O.NCC(N)C(=O)O.NCCC(=O)O. The van der Waals surface area contributed by atoms with Gasteiger partial charge in [0.05, 0.1) is 6.42 Å². The minimum absolute atomic E-state index is 0.00463. The molecule has 25 heavy (non-hydrogen) atoms. The molecule has 0 spiro atoms. The number of hydrogen-bond donors (Lipinski definition) is 8. The third-order valence-electron chi connectivity index (χ3n) is 2.40. The minimum atomic E-state index is -1.05. The molecule has 0 radical (unpaired) electrons. The standard InChI is InChI=1S/C7H13NO4.C3H8N2O2.C3H7NO2/c8-5(7(11)12)3-1-2-4-6(9)10;4-1-2(5)3(6)7;4-2-1-3(5)6/h5H,1-4,8H2,(H,9,10)(H,11,12);2H,1,4-5H2,(H,6,7);1-2,4H2,(H,5,6). The first-order valence-electron chi connectivity index (χ1n) is 7.30. The van der Waals surface area contributed by atoms with Crippen LogP contribution in [0.2, 0.25) is 0 Å². The van der Waals surface area contributed by atoms with E-state index in [4.69, 9.17) is 43.4 Å². The molecule has 148 valence electrons. The molecule has 0 aliphatic heterocycles. The summed E-state index contributed by atoms with van der Waals surface area (Å²) in [4.78, 5) is 39.5. The van der Waals surface area contributed by atoms with E-state index in [1.54, 1.807) is 0 Å². The van der Waals surface area contributed by atoms with Gasteiger partial charge in [0.2, 0.25) is 0 Å². The first-order chi connectivity index (χ1) is 11.5. The van der Waals surface area contributed by atoms with E-state index in [1.807, 2.05) is 0 Å². The first-order valence-corrected chi connectivity index (χ1v) is 7.30. The van der Waals surface area contributed by atoms with Crippen LogP contribution in [0, 0.1) is 0 Å². The van der Waals surface area contributed by atoms with Crippen molar-refractivity contribution in [2.75, 3.05) is 13.1 Å². The Kier molecular flexibility index (Phi) is 19.9. The molecule has 12 nitrogen and oxygen atoms in total. The fourth-order valence-electron chi connectivity index (χ4n) is 0.988. The van der Waals surface area contributed by atoms with Gasteiger partial charge in [-0.15, -0.1) is 0 Å². The molecule has 0 aromatic carbocycles. The van der Waals surface area contributed by atoms with Gasteiger partial charge in [-0.3, -0.25) is 19.2 Å². The number of aliphatic carboxylic acids is 4. The second-order valence-corrected chi connectivity index (χ2v) is 4.70. The van der Waals surface area contributed by atoms with E-state index in [-0.39, 0.29) is 25.9 Å². The summed E-state index contributed by atoms with van der Waals surface area (Å²) in [7, 11) is 0. The molecule has 0 heterocycles. The Hall–Kier alpha value is -2.28. The van der Waals surface area contributed by atoms with Crippen molar-refractivity contribution in [2.24, 2.45) is 22.9 Å². The highest BCUT2D eigenvalue weighted by atomic mass is 16.4. The maximum absolute atomic E-state index is 10.2. The van der Waals surface area contributed by atoms with E-state index in [9.17, 15) is 19.2 Å². The molecular weight excluding hydrogens is 340 g/mol. The van der Waals surface area contributed by atoms with Crippen LogP contribution < -0.4 is 22.9 Å². The van der Waals surface area contributed by atoms with E-state index >= 15 is 0 Å². The Morgan fingerprint density at radius 1 is 0.720 bits per heavy atom. The third kappa shape index (κ3) is 26.9. The average molecular weight is 368 g/mol. The van der Waals surface area contributed by atoms with Crippen LogP contribution >= 0.6 is 0 Å². The van der Waals surface area contributed by atoms with Crippen LogP contribution in [0.3, 0.4) is 0 Å². The maximum Gasteiger partial charge on any atom is 0.321 e. The molecule has 0 aromatic heterocycles.